The van der Waals surface area contributed by atoms with Crippen molar-refractivity contribution in [3.05, 3.63) is 10.6 Å². The van der Waals surface area contributed by atoms with E-state index in [0.717, 1.165) is 24.3 Å². The summed E-state index contributed by atoms with van der Waals surface area (Å²) in [4.78, 5) is 0. The predicted octanol–water partition coefficient (Wildman–Crippen LogP) is 2.63. The first-order valence-corrected chi connectivity index (χ1v) is 6.79. The number of nitrogens with zero attached hydrogens (tertiary/aromatic N) is 2. The van der Waals surface area contributed by atoms with Crippen molar-refractivity contribution in [1.82, 2.24) is 14.8 Å². The second-order valence-electron chi connectivity index (χ2n) is 5.49. The summed E-state index contributed by atoms with van der Waals surface area (Å²) < 4.78 is 8.22. The van der Waals surface area contributed by atoms with Gasteiger partial charge in [-0.15, -0.1) is 0 Å². The Morgan fingerprint density at radius 3 is 2.88 bits per heavy atom. The fraction of sp³-hybridized carbons (Fsp3) is 0.833. The van der Waals surface area contributed by atoms with Crippen molar-refractivity contribution in [2.45, 2.75) is 44.6 Å². The summed E-state index contributed by atoms with van der Waals surface area (Å²) in [7, 11) is 1.77. The lowest BCUT2D eigenvalue weighted by Gasteiger charge is -2.16. The van der Waals surface area contributed by atoms with E-state index in [1.165, 1.54) is 31.5 Å². The molecule has 1 heterocycles. The van der Waals surface area contributed by atoms with Crippen LogP contribution in [0.5, 0.6) is 0 Å². The second kappa shape index (κ2) is 4.21. The van der Waals surface area contributed by atoms with Crippen LogP contribution in [-0.4, -0.2) is 28.5 Å². The summed E-state index contributed by atoms with van der Waals surface area (Å²) in [5.74, 6) is 1.83. The quantitative estimate of drug-likeness (QED) is 0.793. The minimum Gasteiger partial charge on any atom is -0.385 e. The molecule has 1 aromatic heterocycles. The van der Waals surface area contributed by atoms with E-state index in [4.69, 9.17) is 17.0 Å². The van der Waals surface area contributed by atoms with Crippen LogP contribution < -0.4 is 0 Å². The number of hydrogen-bond acceptors (Lipinski definition) is 3. The molecule has 1 N–H and O–H groups in total. The Morgan fingerprint density at radius 2 is 2.29 bits per heavy atom. The molecule has 2 aliphatic carbocycles. The molecule has 1 aromatic rings. The zero-order chi connectivity index (χ0) is 11.9. The molecule has 5 heteroatoms. The van der Waals surface area contributed by atoms with Gasteiger partial charge in [0, 0.05) is 26.2 Å². The molecule has 2 fully saturated rings. The minimum absolute atomic E-state index is 0.432. The Bertz CT molecular complexity index is 457. The molecule has 0 radical (unpaired) electrons. The zero-order valence-electron chi connectivity index (χ0n) is 10.2. The standard InChI is InChI=1S/C12H19N3OS/c1-16-7-6-12(4-5-12)8-15-10(9-2-3-9)13-14-11(15)17/h9H,2-8H2,1H3,(H,14,17). The molecule has 0 amide bonds. The van der Waals surface area contributed by atoms with Gasteiger partial charge >= 0.3 is 0 Å². The second-order valence-corrected chi connectivity index (χ2v) is 5.88. The summed E-state index contributed by atoms with van der Waals surface area (Å²) in [6, 6.07) is 0. The van der Waals surface area contributed by atoms with Crippen molar-refractivity contribution in [3.8, 4) is 0 Å². The van der Waals surface area contributed by atoms with Crippen LogP contribution in [0.15, 0.2) is 0 Å². The zero-order valence-corrected chi connectivity index (χ0v) is 11.1. The van der Waals surface area contributed by atoms with Gasteiger partial charge in [-0.3, -0.25) is 5.10 Å². The van der Waals surface area contributed by atoms with E-state index in [1.807, 2.05) is 0 Å². The Morgan fingerprint density at radius 1 is 1.53 bits per heavy atom. The number of rotatable bonds is 6. The maximum absolute atomic E-state index is 5.34. The Balaban J connectivity index is 1.76. The Labute approximate surface area is 106 Å². The summed E-state index contributed by atoms with van der Waals surface area (Å²) >= 11 is 5.34. The third kappa shape index (κ3) is 2.31. The van der Waals surface area contributed by atoms with Gasteiger partial charge in [0.05, 0.1) is 0 Å². The molecule has 4 nitrogen and oxygen atoms in total. The predicted molar refractivity (Wildman–Crippen MR) is 67.5 cm³/mol. The van der Waals surface area contributed by atoms with Crippen molar-refractivity contribution < 1.29 is 4.74 Å². The highest BCUT2D eigenvalue weighted by Gasteiger charge is 2.43. The van der Waals surface area contributed by atoms with Gasteiger partial charge in [0.1, 0.15) is 5.82 Å². The van der Waals surface area contributed by atoms with E-state index < -0.39 is 0 Å². The highest BCUT2D eigenvalue weighted by Crippen LogP contribution is 2.51. The van der Waals surface area contributed by atoms with E-state index in [2.05, 4.69) is 14.8 Å². The molecule has 0 spiro atoms. The third-order valence-corrected chi connectivity index (χ3v) is 4.33. The molecular formula is C12H19N3OS. The topological polar surface area (TPSA) is 42.8 Å². The fourth-order valence-electron chi connectivity index (χ4n) is 2.45. The van der Waals surface area contributed by atoms with Crippen LogP contribution in [0.2, 0.25) is 0 Å². The van der Waals surface area contributed by atoms with Gasteiger partial charge in [-0.1, -0.05) is 0 Å². The lowest BCUT2D eigenvalue weighted by molar-refractivity contribution is 0.166. The number of aromatic amines is 1. The number of H-pyrrole nitrogens is 1. The molecule has 0 aromatic carbocycles. The van der Waals surface area contributed by atoms with Crippen molar-refractivity contribution in [1.29, 1.82) is 0 Å². The van der Waals surface area contributed by atoms with Crippen LogP contribution >= 0.6 is 12.2 Å². The van der Waals surface area contributed by atoms with Gasteiger partial charge in [-0.05, 0) is 49.7 Å². The SMILES string of the molecule is COCCC1(Cn2c(C3CC3)n[nH]c2=S)CC1. The Hall–Kier alpha value is -0.680. The van der Waals surface area contributed by atoms with Crippen LogP contribution in [0.25, 0.3) is 0 Å². The summed E-state index contributed by atoms with van der Waals surface area (Å²) in [6.45, 7) is 1.88. The van der Waals surface area contributed by atoms with Crippen molar-refractivity contribution >= 4 is 12.2 Å². The number of methoxy groups -OCH3 is 1. The van der Waals surface area contributed by atoms with Gasteiger partial charge in [-0.2, -0.15) is 5.10 Å². The van der Waals surface area contributed by atoms with E-state index in [1.54, 1.807) is 7.11 Å². The molecule has 0 bridgehead atoms. The third-order valence-electron chi connectivity index (χ3n) is 4.02. The highest BCUT2D eigenvalue weighted by molar-refractivity contribution is 7.71. The largest absolute Gasteiger partial charge is 0.385 e. The lowest BCUT2D eigenvalue weighted by atomic mass is 10.0. The van der Waals surface area contributed by atoms with Gasteiger partial charge in [0.15, 0.2) is 4.77 Å². The van der Waals surface area contributed by atoms with Crippen molar-refractivity contribution in [3.63, 3.8) is 0 Å². The molecule has 3 rings (SSSR count). The fourth-order valence-corrected chi connectivity index (χ4v) is 2.66. The van der Waals surface area contributed by atoms with Gasteiger partial charge in [0.2, 0.25) is 0 Å². The van der Waals surface area contributed by atoms with Gasteiger partial charge in [0.25, 0.3) is 0 Å². The number of ether oxygens (including phenoxy) is 1. The van der Waals surface area contributed by atoms with Crippen molar-refractivity contribution in [2.75, 3.05) is 13.7 Å². The van der Waals surface area contributed by atoms with Gasteiger partial charge < -0.3 is 9.30 Å². The first kappa shape index (κ1) is 11.4. The van der Waals surface area contributed by atoms with Crippen LogP contribution in [-0.2, 0) is 11.3 Å². The maximum atomic E-state index is 5.34. The first-order valence-electron chi connectivity index (χ1n) is 6.38. The average molecular weight is 253 g/mol. The smallest absolute Gasteiger partial charge is 0.195 e. The normalized spacial score (nSPS) is 21.7. The molecule has 0 saturated heterocycles. The molecule has 2 aliphatic rings. The first-order chi connectivity index (χ1) is 8.24. The van der Waals surface area contributed by atoms with Crippen LogP contribution in [0.3, 0.4) is 0 Å². The van der Waals surface area contributed by atoms with Gasteiger partial charge in [-0.25, -0.2) is 0 Å². The summed E-state index contributed by atoms with van der Waals surface area (Å²) in [5, 5.41) is 7.33. The highest BCUT2D eigenvalue weighted by atomic mass is 32.1. The number of aromatic nitrogens is 3. The number of hydrogen-bond donors (Lipinski definition) is 1. The monoisotopic (exact) mass is 253 g/mol. The summed E-state index contributed by atoms with van der Waals surface area (Å²) in [5.41, 5.74) is 0.432. The molecular weight excluding hydrogens is 234 g/mol. The van der Waals surface area contributed by atoms with E-state index in [0.29, 0.717) is 11.3 Å². The van der Waals surface area contributed by atoms with Crippen LogP contribution in [0.4, 0.5) is 0 Å². The molecule has 0 unspecified atom stereocenters. The maximum Gasteiger partial charge on any atom is 0.195 e. The molecule has 2 saturated carbocycles. The van der Waals surface area contributed by atoms with Crippen LogP contribution in [0, 0.1) is 10.2 Å². The van der Waals surface area contributed by atoms with E-state index >= 15 is 0 Å². The van der Waals surface area contributed by atoms with Crippen molar-refractivity contribution in [2.24, 2.45) is 5.41 Å². The number of nitrogens with one attached hydrogen (secondary N) is 1. The molecule has 0 atom stereocenters. The lowest BCUT2D eigenvalue weighted by Crippen LogP contribution is -2.16. The van der Waals surface area contributed by atoms with Crippen LogP contribution in [0.1, 0.15) is 43.8 Å². The molecule has 17 heavy (non-hydrogen) atoms. The summed E-state index contributed by atoms with van der Waals surface area (Å²) in [6.07, 6.45) is 6.27. The van der Waals surface area contributed by atoms with E-state index in [9.17, 15) is 0 Å². The molecule has 94 valence electrons. The Kier molecular flexibility index (Phi) is 2.83. The average Bonchev–Trinajstić information content (AvgIpc) is 3.21. The molecule has 0 aliphatic heterocycles. The minimum atomic E-state index is 0.432. The van der Waals surface area contributed by atoms with E-state index in [-0.39, 0.29) is 0 Å².